The van der Waals surface area contributed by atoms with Crippen molar-refractivity contribution in [2.45, 2.75) is 0 Å². The molecule has 9 heteroatoms. The van der Waals surface area contributed by atoms with E-state index in [0.29, 0.717) is 0 Å². The van der Waals surface area contributed by atoms with Crippen LogP contribution in [0.3, 0.4) is 0 Å². The van der Waals surface area contributed by atoms with Gasteiger partial charge in [0.1, 0.15) is 5.82 Å². The molecule has 0 saturated heterocycles. The molecule has 0 heterocycles. The third-order valence-corrected chi connectivity index (χ3v) is 3.20. The average Bonchev–Trinajstić information content (AvgIpc) is 2.49. The van der Waals surface area contributed by atoms with Gasteiger partial charge in [-0.1, -0.05) is 23.2 Å². The maximum atomic E-state index is 13.0. The first-order valence-electron chi connectivity index (χ1n) is 6.18. The first-order chi connectivity index (χ1) is 10.9. The number of halogens is 3. The molecule has 0 radical (unpaired) electrons. The number of amides is 1. The lowest BCUT2D eigenvalue weighted by molar-refractivity contribution is -0.385. The summed E-state index contributed by atoms with van der Waals surface area (Å²) >= 11 is 11.3. The van der Waals surface area contributed by atoms with Crippen LogP contribution in [0.15, 0.2) is 36.4 Å². The smallest absolute Gasteiger partial charge is 0.312 e. The van der Waals surface area contributed by atoms with Crippen molar-refractivity contribution in [3.63, 3.8) is 0 Å². The van der Waals surface area contributed by atoms with Crippen LogP contribution in [0.5, 0.6) is 5.75 Å². The van der Waals surface area contributed by atoms with Crippen LogP contribution in [0.1, 0.15) is 0 Å². The Labute approximate surface area is 139 Å². The minimum absolute atomic E-state index is 0.0910. The molecule has 2 aromatic carbocycles. The van der Waals surface area contributed by atoms with Gasteiger partial charge in [-0.2, -0.15) is 0 Å². The van der Waals surface area contributed by atoms with Gasteiger partial charge in [0, 0.05) is 16.8 Å². The maximum absolute atomic E-state index is 13.0. The third kappa shape index (κ3) is 4.54. The van der Waals surface area contributed by atoms with Gasteiger partial charge in [-0.3, -0.25) is 14.9 Å². The van der Waals surface area contributed by atoms with Crippen molar-refractivity contribution in [2.75, 3.05) is 11.9 Å². The lowest BCUT2D eigenvalue weighted by atomic mass is 10.3. The number of benzene rings is 2. The quantitative estimate of drug-likeness (QED) is 0.645. The summed E-state index contributed by atoms with van der Waals surface area (Å²) in [5, 5.41) is 13.4. The molecule has 2 rings (SSSR count). The van der Waals surface area contributed by atoms with Gasteiger partial charge < -0.3 is 10.1 Å². The SMILES string of the molecule is O=C(COc1ccc(Cl)cc1[N+](=O)[O-])Nc1ccc(F)c(Cl)c1. The van der Waals surface area contributed by atoms with Crippen LogP contribution in [0.25, 0.3) is 0 Å². The van der Waals surface area contributed by atoms with E-state index in [9.17, 15) is 19.3 Å². The highest BCUT2D eigenvalue weighted by Crippen LogP contribution is 2.29. The molecule has 1 amide bonds. The number of nitrogens with zero attached hydrogens (tertiary/aromatic N) is 1. The molecule has 6 nitrogen and oxygen atoms in total. The van der Waals surface area contributed by atoms with E-state index in [2.05, 4.69) is 5.32 Å². The largest absolute Gasteiger partial charge is 0.477 e. The lowest BCUT2D eigenvalue weighted by Crippen LogP contribution is -2.20. The number of hydrogen-bond acceptors (Lipinski definition) is 4. The highest BCUT2D eigenvalue weighted by Gasteiger charge is 2.17. The Hall–Kier alpha value is -2.38. The molecule has 2 aromatic rings. The maximum Gasteiger partial charge on any atom is 0.312 e. The number of hydrogen-bond donors (Lipinski definition) is 1. The summed E-state index contributed by atoms with van der Waals surface area (Å²) in [5.74, 6) is -1.29. The highest BCUT2D eigenvalue weighted by molar-refractivity contribution is 6.31. The molecule has 0 atom stereocenters. The summed E-state index contributed by atoms with van der Waals surface area (Å²) in [7, 11) is 0. The Morgan fingerprint density at radius 3 is 2.65 bits per heavy atom. The van der Waals surface area contributed by atoms with Crippen molar-refractivity contribution >= 4 is 40.5 Å². The van der Waals surface area contributed by atoms with Gasteiger partial charge in [0.2, 0.25) is 0 Å². The standard InChI is InChI=1S/C14H9Cl2FN2O4/c15-8-1-4-13(12(5-8)19(21)22)23-7-14(20)18-9-2-3-11(17)10(16)6-9/h1-6H,7H2,(H,18,20). The minimum Gasteiger partial charge on any atom is -0.477 e. The van der Waals surface area contributed by atoms with E-state index in [-0.39, 0.29) is 27.2 Å². The molecular weight excluding hydrogens is 350 g/mol. The molecule has 0 aromatic heterocycles. The van der Waals surface area contributed by atoms with E-state index in [4.69, 9.17) is 27.9 Å². The summed E-state index contributed by atoms with van der Waals surface area (Å²) in [5.41, 5.74) is -0.0780. The average molecular weight is 359 g/mol. The Kier molecular flexibility index (Phi) is 5.36. The van der Waals surface area contributed by atoms with Gasteiger partial charge >= 0.3 is 5.69 Å². The summed E-state index contributed by atoms with van der Waals surface area (Å²) in [6.07, 6.45) is 0. The Morgan fingerprint density at radius 1 is 1.26 bits per heavy atom. The van der Waals surface area contributed by atoms with Crippen LogP contribution in [-0.4, -0.2) is 17.4 Å². The van der Waals surface area contributed by atoms with E-state index in [1.165, 1.54) is 24.3 Å². The molecule has 0 unspecified atom stereocenters. The fraction of sp³-hybridized carbons (Fsp3) is 0.0714. The molecule has 0 bridgehead atoms. The van der Waals surface area contributed by atoms with Gasteiger partial charge in [0.15, 0.2) is 12.4 Å². The topological polar surface area (TPSA) is 81.5 Å². The molecule has 0 aliphatic carbocycles. The van der Waals surface area contributed by atoms with Crippen LogP contribution in [-0.2, 0) is 4.79 Å². The third-order valence-electron chi connectivity index (χ3n) is 2.68. The van der Waals surface area contributed by atoms with Gasteiger partial charge in [0.25, 0.3) is 5.91 Å². The van der Waals surface area contributed by atoms with E-state index in [0.717, 1.165) is 12.1 Å². The van der Waals surface area contributed by atoms with Crippen LogP contribution in [0.4, 0.5) is 15.8 Å². The van der Waals surface area contributed by atoms with Crippen molar-refractivity contribution < 1.29 is 18.8 Å². The Bertz CT molecular complexity index is 770. The minimum atomic E-state index is -0.668. The van der Waals surface area contributed by atoms with Gasteiger partial charge in [-0.25, -0.2) is 4.39 Å². The van der Waals surface area contributed by atoms with Crippen molar-refractivity contribution in [3.05, 3.63) is 62.4 Å². The van der Waals surface area contributed by atoms with E-state index < -0.39 is 23.3 Å². The number of nitrogens with one attached hydrogen (secondary N) is 1. The zero-order valence-electron chi connectivity index (χ0n) is 11.4. The summed E-state index contributed by atoms with van der Waals surface area (Å²) in [4.78, 5) is 22.0. The first kappa shape index (κ1) is 17.0. The number of nitro benzene ring substituents is 1. The zero-order chi connectivity index (χ0) is 17.0. The van der Waals surface area contributed by atoms with Gasteiger partial charge in [-0.05, 0) is 30.3 Å². The molecular formula is C14H9Cl2FN2O4. The molecule has 0 fully saturated rings. The summed E-state index contributed by atoms with van der Waals surface area (Å²) < 4.78 is 18.1. The van der Waals surface area contributed by atoms with Crippen LogP contribution in [0.2, 0.25) is 10.0 Å². The molecule has 120 valence electrons. The Morgan fingerprint density at radius 2 is 2.00 bits per heavy atom. The Balaban J connectivity index is 2.02. The predicted molar refractivity (Wildman–Crippen MR) is 83.6 cm³/mol. The molecule has 0 aliphatic heterocycles. The van der Waals surface area contributed by atoms with E-state index >= 15 is 0 Å². The monoisotopic (exact) mass is 358 g/mol. The first-order valence-corrected chi connectivity index (χ1v) is 6.94. The van der Waals surface area contributed by atoms with Crippen LogP contribution in [0, 0.1) is 15.9 Å². The number of rotatable bonds is 5. The predicted octanol–water partition coefficient (Wildman–Crippen LogP) is 4.06. The van der Waals surface area contributed by atoms with Crippen LogP contribution < -0.4 is 10.1 Å². The summed E-state index contributed by atoms with van der Waals surface area (Å²) in [6, 6.07) is 7.48. The lowest BCUT2D eigenvalue weighted by Gasteiger charge is -2.08. The van der Waals surface area contributed by atoms with Gasteiger partial charge in [-0.15, -0.1) is 0 Å². The fourth-order valence-electron chi connectivity index (χ4n) is 1.67. The van der Waals surface area contributed by atoms with Crippen molar-refractivity contribution in [2.24, 2.45) is 0 Å². The van der Waals surface area contributed by atoms with Crippen molar-refractivity contribution in [1.29, 1.82) is 0 Å². The fourth-order valence-corrected chi connectivity index (χ4v) is 2.02. The van der Waals surface area contributed by atoms with E-state index in [1.54, 1.807) is 0 Å². The van der Waals surface area contributed by atoms with Crippen LogP contribution >= 0.6 is 23.2 Å². The zero-order valence-corrected chi connectivity index (χ0v) is 12.9. The number of carbonyl (C=O) groups excluding carboxylic acids is 1. The highest BCUT2D eigenvalue weighted by atomic mass is 35.5. The molecule has 23 heavy (non-hydrogen) atoms. The van der Waals surface area contributed by atoms with Crippen molar-refractivity contribution in [1.82, 2.24) is 0 Å². The molecule has 0 aliphatic rings. The molecule has 0 saturated carbocycles. The number of nitro groups is 1. The second-order valence-corrected chi connectivity index (χ2v) is 5.18. The second kappa shape index (κ2) is 7.26. The van der Waals surface area contributed by atoms with Crippen molar-refractivity contribution in [3.8, 4) is 5.75 Å². The second-order valence-electron chi connectivity index (χ2n) is 4.33. The molecule has 0 spiro atoms. The number of carbonyl (C=O) groups is 1. The van der Waals surface area contributed by atoms with Gasteiger partial charge in [0.05, 0.1) is 9.95 Å². The molecule has 1 N–H and O–H groups in total. The number of anilines is 1. The summed E-state index contributed by atoms with van der Waals surface area (Å²) in [6.45, 7) is -0.475. The van der Waals surface area contributed by atoms with E-state index in [1.807, 2.05) is 0 Å². The number of ether oxygens (including phenoxy) is 1. The normalized spacial score (nSPS) is 10.2.